The van der Waals surface area contributed by atoms with E-state index in [0.29, 0.717) is 6.04 Å². The molecule has 1 aliphatic rings. The normalized spacial score (nSPS) is 18.0. The summed E-state index contributed by atoms with van der Waals surface area (Å²) >= 11 is 0. The molecule has 0 unspecified atom stereocenters. The van der Waals surface area contributed by atoms with E-state index in [9.17, 15) is 0 Å². The van der Waals surface area contributed by atoms with E-state index in [4.69, 9.17) is 5.73 Å². The topological polar surface area (TPSA) is 35.2 Å². The summed E-state index contributed by atoms with van der Waals surface area (Å²) in [5.74, 6) is 0. The summed E-state index contributed by atoms with van der Waals surface area (Å²) in [7, 11) is 2.56. The highest BCUT2D eigenvalue weighted by atomic mass is 28.2. The van der Waals surface area contributed by atoms with Crippen LogP contribution in [0.25, 0.3) is 0 Å². The second-order valence-corrected chi connectivity index (χ2v) is 2.56. The molecule has 3 heteroatoms. The molecule has 0 aromatic carbocycles. The molecule has 0 aromatic rings. The summed E-state index contributed by atoms with van der Waals surface area (Å²) in [6, 6.07) is 0.583. The van der Waals surface area contributed by atoms with Crippen LogP contribution in [0.15, 0.2) is 0 Å². The molecular formula is C4H13NOSi. The Bertz CT molecular complexity index is 38.7. The number of hydrogen-bond donors (Lipinski definition) is 1. The van der Waals surface area contributed by atoms with Crippen LogP contribution < -0.4 is 5.73 Å². The van der Waals surface area contributed by atoms with Crippen LogP contribution in [-0.2, 0) is 4.43 Å². The van der Waals surface area contributed by atoms with Crippen molar-refractivity contribution in [3.63, 3.8) is 0 Å². The van der Waals surface area contributed by atoms with Gasteiger partial charge in [0.15, 0.2) is 0 Å². The summed E-state index contributed by atoms with van der Waals surface area (Å²) in [6.45, 7) is 0. The molecule has 0 bridgehead atoms. The highest BCUT2D eigenvalue weighted by Crippen LogP contribution is 2.13. The van der Waals surface area contributed by atoms with Crippen molar-refractivity contribution in [1.82, 2.24) is 0 Å². The predicted octanol–water partition coefficient (Wildman–Crippen LogP) is -0.979. The van der Waals surface area contributed by atoms with Gasteiger partial charge in [0.05, 0.1) is 0 Å². The van der Waals surface area contributed by atoms with Gasteiger partial charge >= 0.3 is 0 Å². The number of rotatable bonds is 0. The van der Waals surface area contributed by atoms with Crippen molar-refractivity contribution >= 4 is 10.5 Å². The summed E-state index contributed by atoms with van der Waals surface area (Å²) in [6.07, 6.45) is 2.53. The van der Waals surface area contributed by atoms with Gasteiger partial charge in [-0.3, -0.25) is 0 Å². The lowest BCUT2D eigenvalue weighted by molar-refractivity contribution is 0.460. The SMILES string of the molecule is CO[SiH3].NC1CC1. The molecule has 1 saturated carbocycles. The quantitative estimate of drug-likeness (QED) is 0.416. The van der Waals surface area contributed by atoms with E-state index in [1.54, 1.807) is 7.11 Å². The number of hydrogen-bond acceptors (Lipinski definition) is 2. The maximum Gasteiger partial charge on any atom is 0.145 e. The minimum absolute atomic E-state index is 0.583. The fourth-order valence-electron chi connectivity index (χ4n) is 0.0962. The Morgan fingerprint density at radius 3 is 1.86 bits per heavy atom. The van der Waals surface area contributed by atoms with Crippen molar-refractivity contribution in [3.8, 4) is 0 Å². The summed E-state index contributed by atoms with van der Waals surface area (Å²) in [5.41, 5.74) is 5.22. The van der Waals surface area contributed by atoms with Gasteiger partial charge < -0.3 is 10.2 Å². The second kappa shape index (κ2) is 4.30. The van der Waals surface area contributed by atoms with Gasteiger partial charge in [-0.15, -0.1) is 0 Å². The lowest BCUT2D eigenvalue weighted by Gasteiger charge is -1.61. The molecule has 0 amide bonds. The summed E-state index contributed by atoms with van der Waals surface area (Å²) < 4.78 is 4.39. The van der Waals surface area contributed by atoms with E-state index >= 15 is 0 Å². The van der Waals surface area contributed by atoms with Crippen LogP contribution in [-0.4, -0.2) is 23.6 Å². The average molecular weight is 119 g/mol. The minimum Gasteiger partial charge on any atom is -0.431 e. The third-order valence-electron chi connectivity index (χ3n) is 0.622. The van der Waals surface area contributed by atoms with E-state index in [2.05, 4.69) is 4.43 Å². The Kier molecular flexibility index (Phi) is 4.38. The first-order valence-corrected chi connectivity index (χ1v) is 3.28. The Balaban J connectivity index is 0.000000110. The third-order valence-corrected chi connectivity index (χ3v) is 0.622. The van der Waals surface area contributed by atoms with Crippen molar-refractivity contribution in [2.24, 2.45) is 5.73 Å². The zero-order chi connectivity index (χ0) is 5.70. The van der Waals surface area contributed by atoms with Crippen LogP contribution in [0.2, 0.25) is 0 Å². The van der Waals surface area contributed by atoms with Gasteiger partial charge in [0.1, 0.15) is 10.5 Å². The monoisotopic (exact) mass is 119 g/mol. The Morgan fingerprint density at radius 2 is 1.86 bits per heavy atom. The molecule has 44 valence electrons. The first kappa shape index (κ1) is 7.14. The molecule has 0 atom stereocenters. The van der Waals surface area contributed by atoms with Gasteiger partial charge in [-0.1, -0.05) is 0 Å². The van der Waals surface area contributed by atoms with Crippen molar-refractivity contribution in [1.29, 1.82) is 0 Å². The molecule has 0 heterocycles. The third kappa shape index (κ3) is 10.7. The lowest BCUT2D eigenvalue weighted by Crippen LogP contribution is -1.94. The van der Waals surface area contributed by atoms with Gasteiger partial charge in [0.2, 0.25) is 0 Å². The van der Waals surface area contributed by atoms with Gasteiger partial charge in [0, 0.05) is 13.2 Å². The summed E-state index contributed by atoms with van der Waals surface area (Å²) in [4.78, 5) is 0. The van der Waals surface area contributed by atoms with Gasteiger partial charge in [-0.25, -0.2) is 0 Å². The van der Waals surface area contributed by atoms with Crippen molar-refractivity contribution in [3.05, 3.63) is 0 Å². The van der Waals surface area contributed by atoms with E-state index < -0.39 is 0 Å². The zero-order valence-electron chi connectivity index (χ0n) is 4.98. The molecule has 0 aliphatic heterocycles. The fraction of sp³-hybridized carbons (Fsp3) is 1.00. The molecule has 0 aromatic heterocycles. The van der Waals surface area contributed by atoms with Gasteiger partial charge in [0.25, 0.3) is 0 Å². The highest BCUT2D eigenvalue weighted by molar-refractivity contribution is 5.97. The predicted molar refractivity (Wildman–Crippen MR) is 34.2 cm³/mol. The Hall–Kier alpha value is 0.137. The molecule has 0 saturated heterocycles. The first-order chi connectivity index (χ1) is 3.31. The van der Waals surface area contributed by atoms with Gasteiger partial charge in [-0.2, -0.15) is 0 Å². The van der Waals surface area contributed by atoms with E-state index in [1.807, 2.05) is 0 Å². The number of nitrogens with two attached hydrogens (primary N) is 1. The van der Waals surface area contributed by atoms with E-state index in [0.717, 1.165) is 10.5 Å². The molecular weight excluding hydrogens is 106 g/mol. The average Bonchev–Trinajstić information content (AvgIpc) is 2.25. The van der Waals surface area contributed by atoms with Gasteiger partial charge in [-0.05, 0) is 12.8 Å². The van der Waals surface area contributed by atoms with E-state index in [1.165, 1.54) is 12.8 Å². The maximum absolute atomic E-state index is 5.22. The molecule has 1 fully saturated rings. The van der Waals surface area contributed by atoms with Crippen LogP contribution in [0.3, 0.4) is 0 Å². The molecule has 1 rings (SSSR count). The highest BCUT2D eigenvalue weighted by Gasteiger charge is 2.13. The second-order valence-electron chi connectivity index (χ2n) is 1.75. The molecule has 0 radical (unpaired) electrons. The van der Waals surface area contributed by atoms with Crippen molar-refractivity contribution < 1.29 is 4.43 Å². The molecule has 0 spiro atoms. The fourth-order valence-corrected chi connectivity index (χ4v) is 0.0962. The minimum atomic E-state index is 0.583. The largest absolute Gasteiger partial charge is 0.431 e. The summed E-state index contributed by atoms with van der Waals surface area (Å²) in [5, 5.41) is 0. The lowest BCUT2D eigenvalue weighted by atomic mass is 10.8. The Morgan fingerprint density at radius 1 is 1.71 bits per heavy atom. The molecule has 2 N–H and O–H groups in total. The smallest absolute Gasteiger partial charge is 0.145 e. The van der Waals surface area contributed by atoms with Crippen LogP contribution in [0, 0.1) is 0 Å². The zero-order valence-corrected chi connectivity index (χ0v) is 6.98. The molecule has 2 nitrogen and oxygen atoms in total. The van der Waals surface area contributed by atoms with Crippen LogP contribution in [0.4, 0.5) is 0 Å². The maximum atomic E-state index is 5.22. The van der Waals surface area contributed by atoms with E-state index in [-0.39, 0.29) is 0 Å². The molecule has 7 heavy (non-hydrogen) atoms. The standard InChI is InChI=1S/C3H7N.CH6OSi/c4-3-1-2-3;1-2-3/h3H,1-2,4H2;1,3H3. The van der Waals surface area contributed by atoms with Crippen LogP contribution in [0.5, 0.6) is 0 Å². The first-order valence-electron chi connectivity index (χ1n) is 2.47. The molecule has 1 aliphatic carbocycles. The Labute approximate surface area is 47.6 Å². The van der Waals surface area contributed by atoms with Crippen LogP contribution in [0.1, 0.15) is 12.8 Å². The van der Waals surface area contributed by atoms with Crippen LogP contribution >= 0.6 is 0 Å². The van der Waals surface area contributed by atoms with Crippen molar-refractivity contribution in [2.75, 3.05) is 7.11 Å². The van der Waals surface area contributed by atoms with Crippen molar-refractivity contribution in [2.45, 2.75) is 18.9 Å².